The standard InChI is InChI=1S/C16H14O3/c1-2-12-9-11(10-17)3-8-15(12)13-4-6-14(7-5-13)16(18)19/h3-10H,2H2,1H3,(H,18,19). The van der Waals surface area contributed by atoms with Crippen LogP contribution in [0.15, 0.2) is 42.5 Å². The topological polar surface area (TPSA) is 54.4 Å². The number of aldehydes is 1. The molecule has 0 saturated carbocycles. The van der Waals surface area contributed by atoms with E-state index in [1.807, 2.05) is 19.1 Å². The van der Waals surface area contributed by atoms with E-state index < -0.39 is 5.97 Å². The molecule has 1 N–H and O–H groups in total. The minimum absolute atomic E-state index is 0.270. The summed E-state index contributed by atoms with van der Waals surface area (Å²) >= 11 is 0. The quantitative estimate of drug-likeness (QED) is 0.850. The molecule has 0 aliphatic heterocycles. The van der Waals surface area contributed by atoms with Crippen molar-refractivity contribution in [1.29, 1.82) is 0 Å². The van der Waals surface area contributed by atoms with Crippen LogP contribution in [0.3, 0.4) is 0 Å². The number of hydrogen-bond acceptors (Lipinski definition) is 2. The normalized spacial score (nSPS) is 10.2. The zero-order valence-corrected chi connectivity index (χ0v) is 10.6. The monoisotopic (exact) mass is 254 g/mol. The zero-order chi connectivity index (χ0) is 13.8. The third kappa shape index (κ3) is 2.71. The number of carbonyl (C=O) groups is 2. The molecule has 19 heavy (non-hydrogen) atoms. The van der Waals surface area contributed by atoms with Gasteiger partial charge in [0.05, 0.1) is 5.56 Å². The van der Waals surface area contributed by atoms with Gasteiger partial charge >= 0.3 is 5.97 Å². The predicted octanol–water partition coefficient (Wildman–Crippen LogP) is 3.43. The van der Waals surface area contributed by atoms with Gasteiger partial charge in [-0.05, 0) is 41.3 Å². The Hall–Kier alpha value is -2.42. The Bertz CT molecular complexity index is 612. The fourth-order valence-corrected chi connectivity index (χ4v) is 2.05. The second-order valence-electron chi connectivity index (χ2n) is 4.27. The Morgan fingerprint density at radius 1 is 1.16 bits per heavy atom. The molecule has 0 radical (unpaired) electrons. The van der Waals surface area contributed by atoms with Crippen LogP contribution in [0.1, 0.15) is 33.2 Å². The number of hydrogen-bond donors (Lipinski definition) is 1. The molecule has 0 amide bonds. The van der Waals surface area contributed by atoms with Gasteiger partial charge in [-0.3, -0.25) is 4.79 Å². The summed E-state index contributed by atoms with van der Waals surface area (Å²) in [6, 6.07) is 12.3. The lowest BCUT2D eigenvalue weighted by molar-refractivity contribution is 0.0696. The maximum absolute atomic E-state index is 10.8. The Morgan fingerprint density at radius 3 is 2.37 bits per heavy atom. The SMILES string of the molecule is CCc1cc(C=O)ccc1-c1ccc(C(=O)O)cc1. The molecule has 2 aromatic rings. The van der Waals surface area contributed by atoms with E-state index in [9.17, 15) is 9.59 Å². The summed E-state index contributed by atoms with van der Waals surface area (Å²) < 4.78 is 0. The maximum Gasteiger partial charge on any atom is 0.335 e. The van der Waals surface area contributed by atoms with Crippen molar-refractivity contribution >= 4 is 12.3 Å². The molecule has 3 nitrogen and oxygen atoms in total. The second kappa shape index (κ2) is 5.48. The van der Waals surface area contributed by atoms with Crippen molar-refractivity contribution in [2.24, 2.45) is 0 Å². The van der Waals surface area contributed by atoms with Crippen LogP contribution in [0.25, 0.3) is 11.1 Å². The molecule has 0 aliphatic carbocycles. The molecule has 2 aromatic carbocycles. The molecule has 0 bridgehead atoms. The summed E-state index contributed by atoms with van der Waals surface area (Å²) in [7, 11) is 0. The van der Waals surface area contributed by atoms with E-state index in [1.165, 1.54) is 0 Å². The first-order valence-electron chi connectivity index (χ1n) is 6.07. The number of benzene rings is 2. The minimum atomic E-state index is -0.932. The molecule has 0 atom stereocenters. The summed E-state index contributed by atoms with van der Waals surface area (Å²) in [6.45, 7) is 2.03. The summed E-state index contributed by atoms with van der Waals surface area (Å²) in [5.41, 5.74) is 3.99. The van der Waals surface area contributed by atoms with E-state index in [0.717, 1.165) is 29.4 Å². The van der Waals surface area contributed by atoms with Crippen molar-refractivity contribution in [2.45, 2.75) is 13.3 Å². The summed E-state index contributed by atoms with van der Waals surface area (Å²) in [4.78, 5) is 21.6. The average molecular weight is 254 g/mol. The Kier molecular flexibility index (Phi) is 3.76. The molecule has 3 heteroatoms. The summed E-state index contributed by atoms with van der Waals surface area (Å²) in [5.74, 6) is -0.932. The fourth-order valence-electron chi connectivity index (χ4n) is 2.05. The molecule has 2 rings (SSSR count). The van der Waals surface area contributed by atoms with Crippen LogP contribution in [0.4, 0.5) is 0 Å². The Balaban J connectivity index is 2.46. The number of rotatable bonds is 4. The van der Waals surface area contributed by atoms with E-state index >= 15 is 0 Å². The van der Waals surface area contributed by atoms with E-state index in [-0.39, 0.29) is 5.56 Å². The molecule has 0 unspecified atom stereocenters. The number of aromatic carboxylic acids is 1. The van der Waals surface area contributed by atoms with Crippen molar-refractivity contribution in [2.75, 3.05) is 0 Å². The predicted molar refractivity (Wildman–Crippen MR) is 73.6 cm³/mol. The van der Waals surface area contributed by atoms with Crippen LogP contribution in [0.5, 0.6) is 0 Å². The van der Waals surface area contributed by atoms with Gasteiger partial charge in [0.2, 0.25) is 0 Å². The van der Waals surface area contributed by atoms with Crippen LogP contribution in [-0.4, -0.2) is 17.4 Å². The van der Waals surface area contributed by atoms with Gasteiger partial charge in [0, 0.05) is 5.56 Å². The smallest absolute Gasteiger partial charge is 0.335 e. The highest BCUT2D eigenvalue weighted by Gasteiger charge is 2.07. The van der Waals surface area contributed by atoms with Crippen LogP contribution < -0.4 is 0 Å². The van der Waals surface area contributed by atoms with E-state index in [0.29, 0.717) is 5.56 Å². The molecule has 0 heterocycles. The minimum Gasteiger partial charge on any atom is -0.478 e. The highest BCUT2D eigenvalue weighted by atomic mass is 16.4. The van der Waals surface area contributed by atoms with Gasteiger partial charge in [-0.1, -0.05) is 31.2 Å². The lowest BCUT2D eigenvalue weighted by Crippen LogP contribution is -1.96. The van der Waals surface area contributed by atoms with Crippen LogP contribution in [0.2, 0.25) is 0 Å². The molecule has 96 valence electrons. The van der Waals surface area contributed by atoms with Gasteiger partial charge < -0.3 is 5.11 Å². The third-order valence-electron chi connectivity index (χ3n) is 3.09. The largest absolute Gasteiger partial charge is 0.478 e. The Labute approximate surface area is 111 Å². The van der Waals surface area contributed by atoms with Crippen molar-refractivity contribution in [3.63, 3.8) is 0 Å². The molecule has 0 aliphatic rings. The van der Waals surface area contributed by atoms with E-state index in [2.05, 4.69) is 0 Å². The van der Waals surface area contributed by atoms with Crippen molar-refractivity contribution < 1.29 is 14.7 Å². The second-order valence-corrected chi connectivity index (χ2v) is 4.27. The Morgan fingerprint density at radius 2 is 1.84 bits per heavy atom. The number of carbonyl (C=O) groups excluding carboxylic acids is 1. The fraction of sp³-hybridized carbons (Fsp3) is 0.125. The van der Waals surface area contributed by atoms with Gasteiger partial charge in [0.1, 0.15) is 6.29 Å². The van der Waals surface area contributed by atoms with Crippen LogP contribution in [-0.2, 0) is 6.42 Å². The molecular weight excluding hydrogens is 240 g/mol. The molecule has 0 saturated heterocycles. The first-order valence-corrected chi connectivity index (χ1v) is 6.07. The zero-order valence-electron chi connectivity index (χ0n) is 10.6. The van der Waals surface area contributed by atoms with Gasteiger partial charge in [0.25, 0.3) is 0 Å². The number of carboxylic acid groups (broad SMARTS) is 1. The number of aryl methyl sites for hydroxylation is 1. The molecule has 0 spiro atoms. The average Bonchev–Trinajstić information content (AvgIpc) is 2.46. The molecule has 0 fully saturated rings. The summed E-state index contributed by atoms with van der Waals surface area (Å²) in [6.07, 6.45) is 1.65. The van der Waals surface area contributed by atoms with Gasteiger partial charge in [-0.15, -0.1) is 0 Å². The third-order valence-corrected chi connectivity index (χ3v) is 3.09. The first-order chi connectivity index (χ1) is 9.15. The molecular formula is C16H14O3. The first kappa shape index (κ1) is 13.0. The summed E-state index contributed by atoms with van der Waals surface area (Å²) in [5, 5.41) is 8.88. The molecule has 0 aromatic heterocycles. The van der Waals surface area contributed by atoms with E-state index in [1.54, 1.807) is 30.3 Å². The van der Waals surface area contributed by atoms with Gasteiger partial charge in [-0.25, -0.2) is 4.79 Å². The lowest BCUT2D eigenvalue weighted by Gasteiger charge is -2.09. The lowest BCUT2D eigenvalue weighted by atomic mass is 9.95. The van der Waals surface area contributed by atoms with Crippen LogP contribution in [0, 0.1) is 0 Å². The van der Waals surface area contributed by atoms with Gasteiger partial charge in [-0.2, -0.15) is 0 Å². The van der Waals surface area contributed by atoms with Crippen molar-refractivity contribution in [1.82, 2.24) is 0 Å². The van der Waals surface area contributed by atoms with Crippen LogP contribution >= 0.6 is 0 Å². The highest BCUT2D eigenvalue weighted by Crippen LogP contribution is 2.25. The van der Waals surface area contributed by atoms with Crippen molar-refractivity contribution in [3.8, 4) is 11.1 Å². The van der Waals surface area contributed by atoms with Crippen molar-refractivity contribution in [3.05, 3.63) is 59.2 Å². The van der Waals surface area contributed by atoms with E-state index in [4.69, 9.17) is 5.11 Å². The maximum atomic E-state index is 10.8. The van der Waals surface area contributed by atoms with Gasteiger partial charge in [0.15, 0.2) is 0 Å². The highest BCUT2D eigenvalue weighted by molar-refractivity contribution is 5.88. The number of carboxylic acids is 1.